The van der Waals surface area contributed by atoms with Crippen LogP contribution in [0.25, 0.3) is 64.3 Å². The fourth-order valence-corrected chi connectivity index (χ4v) is 7.46. The molecule has 0 spiro atoms. The van der Waals surface area contributed by atoms with Gasteiger partial charge in [-0.2, -0.15) is 0 Å². The van der Waals surface area contributed by atoms with Crippen molar-refractivity contribution >= 4 is 42.3 Å². The van der Waals surface area contributed by atoms with E-state index in [4.69, 9.17) is 0 Å². The van der Waals surface area contributed by atoms with Crippen molar-refractivity contribution in [2.75, 3.05) is 0 Å². The van der Waals surface area contributed by atoms with Crippen LogP contribution < -0.4 is 0 Å². The Kier molecular flexibility index (Phi) is 4.54. The lowest BCUT2D eigenvalue weighted by molar-refractivity contribution is 0.660. The standard InChI is InChI=1S/C37H26S/c1-37(2)33-10-6-5-9-29(33)30-16-13-28(22-34(30)37)27-15-18-36-32(21-27)31-20-26(14-17-35(31)38-36)25-12-11-23-7-3-4-8-24(23)19-25/h3-22H,1-2H3. The Balaban J connectivity index is 1.26. The molecule has 1 aromatic heterocycles. The third kappa shape index (κ3) is 3.15. The molecule has 0 saturated heterocycles. The van der Waals surface area contributed by atoms with Crippen LogP contribution >= 0.6 is 11.3 Å². The lowest BCUT2D eigenvalue weighted by atomic mass is 9.81. The predicted octanol–water partition coefficient (Wildman–Crippen LogP) is 10.8. The monoisotopic (exact) mass is 502 g/mol. The van der Waals surface area contributed by atoms with Gasteiger partial charge in [-0.3, -0.25) is 0 Å². The highest BCUT2D eigenvalue weighted by atomic mass is 32.1. The van der Waals surface area contributed by atoms with Crippen LogP contribution in [0.4, 0.5) is 0 Å². The number of fused-ring (bicyclic) bond motifs is 7. The van der Waals surface area contributed by atoms with Crippen molar-refractivity contribution in [1.82, 2.24) is 0 Å². The van der Waals surface area contributed by atoms with E-state index in [1.165, 1.54) is 75.5 Å². The minimum Gasteiger partial charge on any atom is -0.135 e. The van der Waals surface area contributed by atoms with Gasteiger partial charge in [0.1, 0.15) is 0 Å². The number of hydrogen-bond acceptors (Lipinski definition) is 1. The second kappa shape index (κ2) is 7.90. The van der Waals surface area contributed by atoms with Crippen LogP contribution in [0.5, 0.6) is 0 Å². The van der Waals surface area contributed by atoms with Gasteiger partial charge in [0.15, 0.2) is 0 Å². The number of hydrogen-bond donors (Lipinski definition) is 0. The summed E-state index contributed by atoms with van der Waals surface area (Å²) in [6, 6.07) is 45.2. The molecule has 0 fully saturated rings. The van der Waals surface area contributed by atoms with Crippen molar-refractivity contribution in [2.45, 2.75) is 19.3 Å². The van der Waals surface area contributed by atoms with Gasteiger partial charge in [0.2, 0.25) is 0 Å². The zero-order valence-electron chi connectivity index (χ0n) is 21.5. The molecule has 0 bridgehead atoms. The molecule has 0 nitrogen and oxygen atoms in total. The zero-order valence-corrected chi connectivity index (χ0v) is 22.3. The molecule has 6 aromatic carbocycles. The van der Waals surface area contributed by atoms with E-state index < -0.39 is 0 Å². The van der Waals surface area contributed by atoms with Gasteiger partial charge in [0.05, 0.1) is 0 Å². The van der Waals surface area contributed by atoms with Gasteiger partial charge in [0, 0.05) is 25.6 Å². The molecule has 1 aliphatic rings. The summed E-state index contributed by atoms with van der Waals surface area (Å²) >= 11 is 1.88. The van der Waals surface area contributed by atoms with Gasteiger partial charge >= 0.3 is 0 Å². The number of rotatable bonds is 2. The second-order valence-corrected chi connectivity index (χ2v) is 12.1. The average molecular weight is 503 g/mol. The smallest absolute Gasteiger partial charge is 0.0355 e. The first kappa shape index (κ1) is 21.8. The molecule has 0 N–H and O–H groups in total. The van der Waals surface area contributed by atoms with E-state index in [0.717, 1.165) is 0 Å². The van der Waals surface area contributed by atoms with Crippen LogP contribution in [-0.2, 0) is 5.41 Å². The molecule has 8 rings (SSSR count). The third-order valence-electron chi connectivity index (χ3n) is 8.47. The maximum atomic E-state index is 2.42. The largest absolute Gasteiger partial charge is 0.135 e. The Hall–Kier alpha value is -4.20. The van der Waals surface area contributed by atoms with Crippen LogP contribution in [0.2, 0.25) is 0 Å². The molecule has 7 aromatic rings. The molecule has 38 heavy (non-hydrogen) atoms. The third-order valence-corrected chi connectivity index (χ3v) is 9.62. The summed E-state index contributed by atoms with van der Waals surface area (Å²) in [6.45, 7) is 4.71. The Labute approximate surface area is 226 Å². The molecule has 1 aliphatic carbocycles. The molecule has 180 valence electrons. The van der Waals surface area contributed by atoms with E-state index in [1.54, 1.807) is 0 Å². The Morgan fingerprint density at radius 1 is 0.447 bits per heavy atom. The summed E-state index contributed by atoms with van der Waals surface area (Å²) in [5.41, 5.74) is 10.7. The van der Waals surface area contributed by atoms with Crippen molar-refractivity contribution in [2.24, 2.45) is 0 Å². The Morgan fingerprint density at radius 2 is 1.00 bits per heavy atom. The van der Waals surface area contributed by atoms with Crippen LogP contribution in [0.15, 0.2) is 121 Å². The van der Waals surface area contributed by atoms with Crippen LogP contribution in [0.1, 0.15) is 25.0 Å². The van der Waals surface area contributed by atoms with Gasteiger partial charge in [-0.15, -0.1) is 11.3 Å². The topological polar surface area (TPSA) is 0 Å². The van der Waals surface area contributed by atoms with Crippen LogP contribution in [0, 0.1) is 0 Å². The van der Waals surface area contributed by atoms with Crippen molar-refractivity contribution in [3.8, 4) is 33.4 Å². The van der Waals surface area contributed by atoms with E-state index in [9.17, 15) is 0 Å². The van der Waals surface area contributed by atoms with Crippen LogP contribution in [-0.4, -0.2) is 0 Å². The molecule has 0 saturated carbocycles. The van der Waals surface area contributed by atoms with Gasteiger partial charge in [-0.25, -0.2) is 0 Å². The zero-order chi connectivity index (χ0) is 25.4. The first-order valence-corrected chi connectivity index (χ1v) is 14.1. The maximum Gasteiger partial charge on any atom is 0.0355 e. The van der Waals surface area contributed by atoms with Gasteiger partial charge in [-0.1, -0.05) is 98.8 Å². The molecule has 0 atom stereocenters. The predicted molar refractivity (Wildman–Crippen MR) is 165 cm³/mol. The Bertz CT molecular complexity index is 2050. The fraction of sp³-hybridized carbons (Fsp3) is 0.0811. The first-order valence-electron chi connectivity index (χ1n) is 13.3. The van der Waals surface area contributed by atoms with E-state index in [-0.39, 0.29) is 5.41 Å². The Morgan fingerprint density at radius 3 is 1.76 bits per heavy atom. The van der Waals surface area contributed by atoms with Gasteiger partial charge in [0.25, 0.3) is 0 Å². The van der Waals surface area contributed by atoms with E-state index >= 15 is 0 Å². The summed E-state index contributed by atoms with van der Waals surface area (Å²) < 4.78 is 2.68. The highest BCUT2D eigenvalue weighted by molar-refractivity contribution is 7.25. The summed E-state index contributed by atoms with van der Waals surface area (Å²) in [5, 5.41) is 5.24. The van der Waals surface area contributed by atoms with Gasteiger partial charge < -0.3 is 0 Å². The molecular formula is C37H26S. The van der Waals surface area contributed by atoms with E-state index in [1.807, 2.05) is 11.3 Å². The molecular weight excluding hydrogens is 476 g/mol. The molecule has 0 radical (unpaired) electrons. The SMILES string of the molecule is CC1(C)c2ccccc2-c2ccc(-c3ccc4sc5ccc(-c6ccc7ccccc7c6)cc5c4c3)cc21. The lowest BCUT2D eigenvalue weighted by Crippen LogP contribution is -2.14. The van der Waals surface area contributed by atoms with Crippen molar-refractivity contribution < 1.29 is 0 Å². The number of benzene rings is 6. The minimum atomic E-state index is 0.00979. The normalized spacial score (nSPS) is 13.7. The van der Waals surface area contributed by atoms with E-state index in [2.05, 4.69) is 135 Å². The highest BCUT2D eigenvalue weighted by Crippen LogP contribution is 2.49. The van der Waals surface area contributed by atoms with Crippen molar-refractivity contribution in [1.29, 1.82) is 0 Å². The lowest BCUT2D eigenvalue weighted by Gasteiger charge is -2.22. The fourth-order valence-electron chi connectivity index (χ4n) is 6.39. The molecule has 0 unspecified atom stereocenters. The summed E-state index contributed by atoms with van der Waals surface area (Å²) in [7, 11) is 0. The van der Waals surface area contributed by atoms with Crippen LogP contribution in [0.3, 0.4) is 0 Å². The number of thiophene rings is 1. The average Bonchev–Trinajstić information content (AvgIpc) is 3.44. The maximum absolute atomic E-state index is 2.42. The highest BCUT2D eigenvalue weighted by Gasteiger charge is 2.35. The summed E-state index contributed by atoms with van der Waals surface area (Å²) in [5.74, 6) is 0. The molecule has 0 amide bonds. The second-order valence-electron chi connectivity index (χ2n) is 11.0. The van der Waals surface area contributed by atoms with Crippen molar-refractivity contribution in [3.05, 3.63) is 132 Å². The first-order chi connectivity index (χ1) is 18.6. The summed E-state index contributed by atoms with van der Waals surface area (Å²) in [4.78, 5) is 0. The molecule has 0 aliphatic heterocycles. The summed E-state index contributed by atoms with van der Waals surface area (Å²) in [6.07, 6.45) is 0. The quantitative estimate of drug-likeness (QED) is 0.220. The molecule has 1 heteroatoms. The van der Waals surface area contributed by atoms with Gasteiger partial charge in [-0.05, 0) is 91.7 Å². The molecule has 1 heterocycles. The van der Waals surface area contributed by atoms with Crippen molar-refractivity contribution in [3.63, 3.8) is 0 Å². The minimum absolute atomic E-state index is 0.00979. The van der Waals surface area contributed by atoms with E-state index in [0.29, 0.717) is 0 Å².